The molecular weight excluding hydrogens is 535 g/mol. The molecule has 0 aliphatic heterocycles. The number of rotatable bonds is 6. The number of Topliss-reactive ketones (excluding diaryl/α,β-unsaturated/α-hetero) is 1. The first-order chi connectivity index (χ1) is 17.2. The summed E-state index contributed by atoms with van der Waals surface area (Å²) >= 11 is -1.98. The van der Waals surface area contributed by atoms with Gasteiger partial charge in [-0.2, -0.15) is 0 Å². The Hall–Kier alpha value is -3.47. The van der Waals surface area contributed by atoms with Gasteiger partial charge in [0.25, 0.3) is 0 Å². The Kier molecular flexibility index (Phi) is 9.04. The zero-order chi connectivity index (χ0) is 24.3. The number of aliphatic hydroxyl groups excluding tert-OH is 1. The quantitative estimate of drug-likeness (QED) is 0.239. The summed E-state index contributed by atoms with van der Waals surface area (Å²) in [5.41, 5.74) is 1.15. The molecule has 0 aromatic heterocycles. The first-order valence-electron chi connectivity index (χ1n) is 11.6. The van der Waals surface area contributed by atoms with Gasteiger partial charge in [-0.15, -0.1) is 0 Å². The Morgan fingerprint density at radius 1 is 0.486 bits per heavy atom. The predicted molar refractivity (Wildman–Crippen MR) is 146 cm³/mol. The minimum atomic E-state index is -1.98. The van der Waals surface area contributed by atoms with Gasteiger partial charge in [0.2, 0.25) is 0 Å². The molecule has 171 valence electrons. The normalized spacial score (nSPS) is 11.3. The zero-order valence-electron chi connectivity index (χ0n) is 19.4. The third-order valence-electron chi connectivity index (χ3n) is 5.61. The van der Waals surface area contributed by atoms with E-state index >= 15 is 0 Å². The summed E-state index contributed by atoms with van der Waals surface area (Å²) in [5, 5.41) is 9.89. The van der Waals surface area contributed by atoms with Crippen LogP contribution in [0.3, 0.4) is 0 Å². The third kappa shape index (κ3) is 6.78. The molecule has 0 saturated carbocycles. The second-order valence-electron chi connectivity index (χ2n) is 8.02. The maximum absolute atomic E-state index is 11.9. The van der Waals surface area contributed by atoms with Crippen LogP contribution >= 0.6 is 0 Å². The fourth-order valence-electron chi connectivity index (χ4n) is 3.86. The van der Waals surface area contributed by atoms with E-state index in [1.807, 2.05) is 12.1 Å². The summed E-state index contributed by atoms with van der Waals surface area (Å²) in [6.45, 7) is 0. The van der Waals surface area contributed by atoms with Crippen LogP contribution in [0.4, 0.5) is 0 Å². The Morgan fingerprint density at radius 2 is 0.800 bits per heavy atom. The minimum absolute atomic E-state index is 0.271. The van der Waals surface area contributed by atoms with Crippen LogP contribution in [-0.4, -0.2) is 30.6 Å². The van der Waals surface area contributed by atoms with E-state index < -0.39 is 25.9 Å². The van der Waals surface area contributed by atoms with Crippen molar-refractivity contribution in [1.29, 1.82) is 0 Å². The van der Waals surface area contributed by atoms with Gasteiger partial charge in [-0.3, -0.25) is 4.79 Å². The van der Waals surface area contributed by atoms with E-state index in [0.29, 0.717) is 11.1 Å². The maximum atomic E-state index is 11.9. The van der Waals surface area contributed by atoms with E-state index in [4.69, 9.17) is 0 Å². The van der Waals surface area contributed by atoms with Gasteiger partial charge in [0.15, 0.2) is 5.78 Å². The van der Waals surface area contributed by atoms with Gasteiger partial charge in [0.05, 0.1) is 0 Å². The molecule has 1 unspecified atom stereocenters. The van der Waals surface area contributed by atoms with E-state index in [0.717, 1.165) is 0 Å². The van der Waals surface area contributed by atoms with E-state index in [1.54, 1.807) is 48.5 Å². The van der Waals surface area contributed by atoms with Crippen LogP contribution in [0.5, 0.6) is 0 Å². The second kappa shape index (κ2) is 12.8. The second-order valence-corrected chi connectivity index (χ2v) is 15.1. The molecule has 5 aromatic rings. The van der Waals surface area contributed by atoms with Gasteiger partial charge >= 0.3 is 121 Å². The molecule has 0 saturated heterocycles. The molecule has 0 aliphatic carbocycles. The van der Waals surface area contributed by atoms with E-state index in [1.165, 1.54) is 10.7 Å². The molecule has 1 radical (unpaired) electrons. The van der Waals surface area contributed by atoms with Gasteiger partial charge < -0.3 is 5.11 Å². The number of carbonyl (C=O) groups is 1. The van der Waals surface area contributed by atoms with E-state index in [-0.39, 0.29) is 5.78 Å². The van der Waals surface area contributed by atoms with Gasteiger partial charge in [0, 0.05) is 5.56 Å². The van der Waals surface area contributed by atoms with Crippen molar-refractivity contribution < 1.29 is 9.90 Å². The van der Waals surface area contributed by atoms with Crippen LogP contribution < -0.4 is 10.7 Å². The first kappa shape index (κ1) is 24.6. The number of hydrogen-bond acceptors (Lipinski definition) is 2. The third-order valence-corrected chi connectivity index (χ3v) is 13.4. The molecule has 0 bridgehead atoms. The average molecular weight is 562 g/mol. The SMILES string of the molecule is O=C(c1ccccc1)C(O)c1ccccc1.c1cc[c]([Sn]([c]2ccccc2)[c]2ccccc2)cc1. The Labute approximate surface area is 214 Å². The number of hydrogen-bond donors (Lipinski definition) is 1. The molecule has 35 heavy (non-hydrogen) atoms. The van der Waals surface area contributed by atoms with E-state index in [9.17, 15) is 9.90 Å². The molecule has 0 heterocycles. The van der Waals surface area contributed by atoms with Crippen molar-refractivity contribution >= 4 is 36.3 Å². The van der Waals surface area contributed by atoms with E-state index in [2.05, 4.69) is 91.0 Å². The Morgan fingerprint density at radius 3 is 1.17 bits per heavy atom. The zero-order valence-corrected chi connectivity index (χ0v) is 22.2. The fraction of sp³-hybridized carbons (Fsp3) is 0.0312. The predicted octanol–water partition coefficient (Wildman–Crippen LogP) is 4.81. The summed E-state index contributed by atoms with van der Waals surface area (Å²) in [4.78, 5) is 11.9. The number of aliphatic hydroxyl groups is 1. The standard InChI is InChI=1S/C14H12O2.3C6H5.Sn/c15-13(11-7-3-1-4-8-11)14(16)12-9-5-2-6-10-12;3*1-2-4-6-5-3-1;/h1-10,13,15H;3*1-5H;. The van der Waals surface area contributed by atoms with Gasteiger partial charge in [-0.25, -0.2) is 0 Å². The average Bonchev–Trinajstić information content (AvgIpc) is 2.95. The summed E-state index contributed by atoms with van der Waals surface area (Å²) in [5.74, 6) is -0.271. The van der Waals surface area contributed by atoms with Crippen molar-refractivity contribution in [1.82, 2.24) is 0 Å². The van der Waals surface area contributed by atoms with Crippen LogP contribution in [0.25, 0.3) is 0 Å². The van der Waals surface area contributed by atoms with Crippen molar-refractivity contribution in [3.05, 3.63) is 163 Å². The summed E-state index contributed by atoms with van der Waals surface area (Å²) in [7, 11) is 0. The molecule has 1 N–H and O–H groups in total. The van der Waals surface area contributed by atoms with Crippen LogP contribution in [0, 0.1) is 0 Å². The number of carbonyl (C=O) groups excluding carboxylic acids is 1. The molecule has 1 atom stereocenters. The van der Waals surface area contributed by atoms with Crippen molar-refractivity contribution in [3.8, 4) is 0 Å². The molecule has 5 rings (SSSR count). The summed E-state index contributed by atoms with van der Waals surface area (Å²) < 4.78 is 4.59. The van der Waals surface area contributed by atoms with Crippen molar-refractivity contribution in [2.24, 2.45) is 0 Å². The van der Waals surface area contributed by atoms with Gasteiger partial charge in [-0.05, 0) is 5.56 Å². The Bertz CT molecular complexity index is 1200. The van der Waals surface area contributed by atoms with Crippen molar-refractivity contribution in [2.45, 2.75) is 6.10 Å². The molecule has 3 heteroatoms. The molecular formula is C32H27O2Sn. The van der Waals surface area contributed by atoms with Gasteiger partial charge in [0.1, 0.15) is 6.10 Å². The van der Waals surface area contributed by atoms with Crippen LogP contribution in [0.15, 0.2) is 152 Å². The molecule has 0 spiro atoms. The summed E-state index contributed by atoms with van der Waals surface area (Å²) in [6, 6.07) is 50.7. The summed E-state index contributed by atoms with van der Waals surface area (Å²) in [6.07, 6.45) is -1.08. The number of benzene rings is 5. The van der Waals surface area contributed by atoms with Crippen molar-refractivity contribution in [3.63, 3.8) is 0 Å². The molecule has 0 amide bonds. The molecule has 2 nitrogen and oxygen atoms in total. The molecule has 0 aliphatic rings. The monoisotopic (exact) mass is 563 g/mol. The van der Waals surface area contributed by atoms with Crippen LogP contribution in [0.1, 0.15) is 22.0 Å². The topological polar surface area (TPSA) is 37.3 Å². The Balaban J connectivity index is 0.000000168. The number of ketones is 1. The van der Waals surface area contributed by atoms with Crippen molar-refractivity contribution in [2.75, 3.05) is 0 Å². The van der Waals surface area contributed by atoms with Crippen LogP contribution in [0.2, 0.25) is 0 Å². The molecule has 0 fully saturated rings. The first-order valence-corrected chi connectivity index (χ1v) is 15.9. The molecule has 5 aromatic carbocycles. The van der Waals surface area contributed by atoms with Crippen LogP contribution in [-0.2, 0) is 0 Å². The fourth-order valence-corrected chi connectivity index (χ4v) is 11.2. The van der Waals surface area contributed by atoms with Gasteiger partial charge in [-0.1, -0.05) is 60.7 Å².